The summed E-state index contributed by atoms with van der Waals surface area (Å²) in [4.78, 5) is 28.3. The van der Waals surface area contributed by atoms with E-state index in [9.17, 15) is 9.59 Å². The van der Waals surface area contributed by atoms with Gasteiger partial charge in [0.2, 0.25) is 5.91 Å². The summed E-state index contributed by atoms with van der Waals surface area (Å²) in [5.41, 5.74) is 7.36. The van der Waals surface area contributed by atoms with Gasteiger partial charge < -0.3 is 20.7 Å². The molecule has 1 saturated heterocycles. The molecule has 0 saturated carbocycles. The molecular formula is C19H30N4O3. The van der Waals surface area contributed by atoms with E-state index >= 15 is 0 Å². The van der Waals surface area contributed by atoms with Crippen LogP contribution in [-0.4, -0.2) is 62.1 Å². The van der Waals surface area contributed by atoms with Crippen LogP contribution in [0.4, 0.5) is 11.4 Å². The van der Waals surface area contributed by atoms with E-state index in [2.05, 4.69) is 24.1 Å². The second kappa shape index (κ2) is 9.66. The smallest absolute Gasteiger partial charge is 0.253 e. The molecule has 1 atom stereocenters. The number of morpholine rings is 1. The standard InChI is InChI=1S/C19H30N4O3/c1-4-22(12-14(2)3)17(11-20)19(25)21-15-5-7-16(8-6-15)23-9-10-26-13-18(23)24/h5-8,14,17H,4,9-13,20H2,1-3H3,(H,21,25)/t17-/m0/s1. The van der Waals surface area contributed by atoms with Crippen molar-refractivity contribution in [2.24, 2.45) is 11.7 Å². The van der Waals surface area contributed by atoms with E-state index in [0.29, 0.717) is 24.8 Å². The van der Waals surface area contributed by atoms with Crippen molar-refractivity contribution in [1.29, 1.82) is 0 Å². The molecule has 0 unspecified atom stereocenters. The molecule has 0 aliphatic carbocycles. The Labute approximate surface area is 155 Å². The van der Waals surface area contributed by atoms with Gasteiger partial charge in [-0.1, -0.05) is 20.8 Å². The summed E-state index contributed by atoms with van der Waals surface area (Å²) >= 11 is 0. The fourth-order valence-corrected chi connectivity index (χ4v) is 3.11. The molecule has 1 aromatic carbocycles. The van der Waals surface area contributed by atoms with Crippen LogP contribution in [0.5, 0.6) is 0 Å². The Balaban J connectivity index is 2.02. The van der Waals surface area contributed by atoms with Crippen molar-refractivity contribution in [3.05, 3.63) is 24.3 Å². The molecule has 2 amide bonds. The molecule has 1 fully saturated rings. The van der Waals surface area contributed by atoms with Crippen LogP contribution in [-0.2, 0) is 14.3 Å². The van der Waals surface area contributed by atoms with E-state index in [1.165, 1.54) is 0 Å². The van der Waals surface area contributed by atoms with E-state index in [0.717, 1.165) is 18.8 Å². The van der Waals surface area contributed by atoms with Crippen LogP contribution in [0.15, 0.2) is 24.3 Å². The second-order valence-electron chi connectivity index (χ2n) is 6.87. The van der Waals surface area contributed by atoms with Crippen LogP contribution in [0, 0.1) is 5.92 Å². The minimum absolute atomic E-state index is 0.0523. The number of nitrogens with two attached hydrogens (primary N) is 1. The quantitative estimate of drug-likeness (QED) is 0.728. The van der Waals surface area contributed by atoms with Gasteiger partial charge in [0.15, 0.2) is 0 Å². The van der Waals surface area contributed by atoms with Crippen LogP contribution >= 0.6 is 0 Å². The maximum atomic E-state index is 12.7. The molecule has 1 aliphatic heterocycles. The molecule has 0 bridgehead atoms. The molecule has 0 radical (unpaired) electrons. The van der Waals surface area contributed by atoms with Crippen LogP contribution < -0.4 is 16.0 Å². The Hall–Kier alpha value is -1.96. The van der Waals surface area contributed by atoms with Crippen molar-refractivity contribution in [1.82, 2.24) is 4.90 Å². The third-order valence-corrected chi connectivity index (χ3v) is 4.40. The molecule has 26 heavy (non-hydrogen) atoms. The van der Waals surface area contributed by atoms with Crippen molar-refractivity contribution in [3.63, 3.8) is 0 Å². The Kier molecular flexibility index (Phi) is 7.56. The number of hydrogen-bond acceptors (Lipinski definition) is 5. The van der Waals surface area contributed by atoms with Gasteiger partial charge >= 0.3 is 0 Å². The minimum Gasteiger partial charge on any atom is -0.370 e. The SMILES string of the molecule is CCN(CC(C)C)[C@@H](CN)C(=O)Nc1ccc(N2CCOCC2=O)cc1. The summed E-state index contributed by atoms with van der Waals surface area (Å²) in [6, 6.07) is 6.93. The molecule has 0 aromatic heterocycles. The van der Waals surface area contributed by atoms with Gasteiger partial charge in [-0.25, -0.2) is 0 Å². The van der Waals surface area contributed by atoms with Crippen LogP contribution in [0.25, 0.3) is 0 Å². The number of hydrogen-bond donors (Lipinski definition) is 2. The van der Waals surface area contributed by atoms with E-state index in [1.807, 2.05) is 31.2 Å². The Morgan fingerprint density at radius 3 is 2.58 bits per heavy atom. The lowest BCUT2D eigenvalue weighted by molar-refractivity contribution is -0.125. The van der Waals surface area contributed by atoms with Crippen LogP contribution in [0.3, 0.4) is 0 Å². The van der Waals surface area contributed by atoms with Gasteiger partial charge in [-0.2, -0.15) is 0 Å². The number of benzene rings is 1. The molecule has 0 spiro atoms. The molecule has 3 N–H and O–H groups in total. The highest BCUT2D eigenvalue weighted by atomic mass is 16.5. The first-order valence-electron chi connectivity index (χ1n) is 9.19. The van der Waals surface area contributed by atoms with E-state index in [1.54, 1.807) is 4.90 Å². The number of carbonyl (C=O) groups is 2. The van der Waals surface area contributed by atoms with Crippen molar-refractivity contribution in [3.8, 4) is 0 Å². The van der Waals surface area contributed by atoms with Gasteiger partial charge in [0.05, 0.1) is 6.61 Å². The first-order valence-corrected chi connectivity index (χ1v) is 9.19. The lowest BCUT2D eigenvalue weighted by atomic mass is 10.1. The van der Waals surface area contributed by atoms with Gasteiger partial charge in [-0.3, -0.25) is 14.5 Å². The molecule has 7 nitrogen and oxygen atoms in total. The molecule has 144 valence electrons. The normalized spacial score (nSPS) is 16.2. The highest BCUT2D eigenvalue weighted by Crippen LogP contribution is 2.20. The maximum Gasteiger partial charge on any atom is 0.253 e. The summed E-state index contributed by atoms with van der Waals surface area (Å²) in [5, 5.41) is 2.93. The molecular weight excluding hydrogens is 332 g/mol. The fraction of sp³-hybridized carbons (Fsp3) is 0.579. The molecule has 1 heterocycles. The van der Waals surface area contributed by atoms with Gasteiger partial charge in [-0.05, 0) is 36.7 Å². The van der Waals surface area contributed by atoms with Crippen LogP contribution in [0.1, 0.15) is 20.8 Å². The Bertz CT molecular complexity index is 603. The molecule has 1 aliphatic rings. The highest BCUT2D eigenvalue weighted by Gasteiger charge is 2.24. The van der Waals surface area contributed by atoms with E-state index in [4.69, 9.17) is 10.5 Å². The summed E-state index contributed by atoms with van der Waals surface area (Å²) in [6.07, 6.45) is 0. The lowest BCUT2D eigenvalue weighted by Gasteiger charge is -2.30. The van der Waals surface area contributed by atoms with Gasteiger partial charge in [0.1, 0.15) is 12.6 Å². The molecule has 1 aromatic rings. The fourth-order valence-electron chi connectivity index (χ4n) is 3.11. The molecule has 2 rings (SSSR count). The maximum absolute atomic E-state index is 12.7. The Morgan fingerprint density at radius 2 is 2.04 bits per heavy atom. The summed E-state index contributed by atoms with van der Waals surface area (Å²) < 4.78 is 5.14. The zero-order chi connectivity index (χ0) is 19.1. The number of nitrogens with zero attached hydrogens (tertiary/aromatic N) is 2. The average molecular weight is 362 g/mol. The molecule has 7 heteroatoms. The monoisotopic (exact) mass is 362 g/mol. The second-order valence-corrected chi connectivity index (χ2v) is 6.87. The number of carbonyl (C=O) groups excluding carboxylic acids is 2. The zero-order valence-electron chi connectivity index (χ0n) is 15.9. The third-order valence-electron chi connectivity index (χ3n) is 4.40. The third kappa shape index (κ3) is 5.27. The van der Waals surface area contributed by atoms with Crippen LogP contribution in [0.2, 0.25) is 0 Å². The lowest BCUT2D eigenvalue weighted by Crippen LogP contribution is -2.49. The minimum atomic E-state index is -0.358. The van der Waals surface area contributed by atoms with Gasteiger partial charge in [0.25, 0.3) is 5.91 Å². The predicted octanol–water partition coefficient (Wildman–Crippen LogP) is 1.29. The largest absolute Gasteiger partial charge is 0.370 e. The van der Waals surface area contributed by atoms with Crippen molar-refractivity contribution in [2.45, 2.75) is 26.8 Å². The number of ether oxygens (including phenoxy) is 1. The number of nitrogens with one attached hydrogen (secondary N) is 1. The number of amides is 2. The number of likely N-dealkylation sites (N-methyl/N-ethyl adjacent to an activating group) is 1. The van der Waals surface area contributed by atoms with E-state index in [-0.39, 0.29) is 31.0 Å². The van der Waals surface area contributed by atoms with Gasteiger partial charge in [-0.15, -0.1) is 0 Å². The van der Waals surface area contributed by atoms with Crippen molar-refractivity contribution < 1.29 is 14.3 Å². The first kappa shape index (κ1) is 20.4. The van der Waals surface area contributed by atoms with Gasteiger partial charge in [0, 0.05) is 31.0 Å². The number of rotatable bonds is 8. The summed E-state index contributed by atoms with van der Waals surface area (Å²) in [5.74, 6) is 0.302. The highest BCUT2D eigenvalue weighted by molar-refractivity contribution is 5.97. The average Bonchev–Trinajstić information content (AvgIpc) is 2.62. The Morgan fingerprint density at radius 1 is 1.35 bits per heavy atom. The summed E-state index contributed by atoms with van der Waals surface area (Å²) in [6.45, 7) is 9.33. The van der Waals surface area contributed by atoms with Crippen molar-refractivity contribution in [2.75, 3.05) is 49.6 Å². The first-order chi connectivity index (χ1) is 12.5. The topological polar surface area (TPSA) is 87.9 Å². The number of anilines is 2. The zero-order valence-corrected chi connectivity index (χ0v) is 15.9. The predicted molar refractivity (Wildman–Crippen MR) is 103 cm³/mol. The van der Waals surface area contributed by atoms with E-state index < -0.39 is 0 Å². The van der Waals surface area contributed by atoms with Crippen molar-refractivity contribution >= 4 is 23.2 Å². The summed E-state index contributed by atoms with van der Waals surface area (Å²) in [7, 11) is 0.